The van der Waals surface area contributed by atoms with Gasteiger partial charge in [0.2, 0.25) is 0 Å². The van der Waals surface area contributed by atoms with Gasteiger partial charge in [-0.3, -0.25) is 0 Å². The zero-order valence-electron chi connectivity index (χ0n) is 13.2. The third-order valence-corrected chi connectivity index (χ3v) is 4.41. The quantitative estimate of drug-likeness (QED) is 0.863. The Hall–Kier alpha value is -1.22. The number of methoxy groups -OCH3 is 2. The number of rotatable bonds is 6. The van der Waals surface area contributed by atoms with Gasteiger partial charge in [0.05, 0.1) is 14.2 Å². The van der Waals surface area contributed by atoms with Crippen molar-refractivity contribution in [3.05, 3.63) is 23.8 Å². The van der Waals surface area contributed by atoms with Gasteiger partial charge in [-0.25, -0.2) is 0 Å². The van der Waals surface area contributed by atoms with Gasteiger partial charge in [-0.05, 0) is 30.5 Å². The van der Waals surface area contributed by atoms with E-state index in [9.17, 15) is 0 Å². The van der Waals surface area contributed by atoms with Crippen LogP contribution in [0.5, 0.6) is 11.5 Å². The molecule has 3 heteroatoms. The molecule has 0 heterocycles. The smallest absolute Gasteiger partial charge is 0.161 e. The molecule has 0 bridgehead atoms. The molecule has 1 aliphatic carbocycles. The first-order chi connectivity index (χ1) is 9.61. The van der Waals surface area contributed by atoms with Gasteiger partial charge in [-0.15, -0.1) is 0 Å². The van der Waals surface area contributed by atoms with Gasteiger partial charge in [0.15, 0.2) is 11.5 Å². The molecule has 1 aliphatic rings. The molecule has 1 saturated carbocycles. The fraction of sp³-hybridized carbons (Fsp3) is 0.647. The second kappa shape index (κ2) is 6.49. The van der Waals surface area contributed by atoms with Crippen molar-refractivity contribution < 1.29 is 9.47 Å². The standard InChI is InChI=1S/C17H27NO2/c1-13(2)18-12-17(9-5-6-10-17)14-7-8-15(19-3)16(11-14)20-4/h7-8,11,13,18H,5-6,9-10,12H2,1-4H3. The van der Waals surface area contributed by atoms with E-state index in [1.54, 1.807) is 14.2 Å². The molecule has 1 fully saturated rings. The maximum absolute atomic E-state index is 5.46. The van der Waals surface area contributed by atoms with Gasteiger partial charge >= 0.3 is 0 Å². The van der Waals surface area contributed by atoms with Crippen molar-refractivity contribution in [3.63, 3.8) is 0 Å². The molecular weight excluding hydrogens is 250 g/mol. The lowest BCUT2D eigenvalue weighted by molar-refractivity contribution is 0.349. The van der Waals surface area contributed by atoms with Gasteiger partial charge in [0.25, 0.3) is 0 Å². The highest BCUT2D eigenvalue weighted by molar-refractivity contribution is 5.45. The first-order valence-electron chi connectivity index (χ1n) is 7.57. The first-order valence-corrected chi connectivity index (χ1v) is 7.57. The number of benzene rings is 1. The molecular formula is C17H27NO2. The second-order valence-electron chi connectivity index (χ2n) is 6.09. The monoisotopic (exact) mass is 277 g/mol. The summed E-state index contributed by atoms with van der Waals surface area (Å²) in [6.45, 7) is 5.45. The normalized spacial score (nSPS) is 17.4. The predicted octanol–water partition coefficient (Wildman–Crippen LogP) is 3.51. The summed E-state index contributed by atoms with van der Waals surface area (Å²) in [6, 6.07) is 6.91. The number of hydrogen-bond donors (Lipinski definition) is 1. The topological polar surface area (TPSA) is 30.5 Å². The summed E-state index contributed by atoms with van der Waals surface area (Å²) >= 11 is 0. The van der Waals surface area contributed by atoms with Crippen molar-refractivity contribution in [3.8, 4) is 11.5 Å². The predicted molar refractivity (Wildman–Crippen MR) is 82.8 cm³/mol. The minimum Gasteiger partial charge on any atom is -0.493 e. The van der Waals surface area contributed by atoms with Crippen molar-refractivity contribution in [1.82, 2.24) is 5.32 Å². The van der Waals surface area contributed by atoms with Crippen LogP contribution in [0.25, 0.3) is 0 Å². The average molecular weight is 277 g/mol. The van der Waals surface area contributed by atoms with Crippen LogP contribution in [0.2, 0.25) is 0 Å². The second-order valence-corrected chi connectivity index (χ2v) is 6.09. The van der Waals surface area contributed by atoms with Crippen LogP contribution in [0.3, 0.4) is 0 Å². The average Bonchev–Trinajstić information content (AvgIpc) is 2.94. The van der Waals surface area contributed by atoms with E-state index in [1.807, 2.05) is 6.07 Å². The number of nitrogens with one attached hydrogen (secondary N) is 1. The molecule has 1 aromatic rings. The van der Waals surface area contributed by atoms with Crippen molar-refractivity contribution in [2.24, 2.45) is 0 Å². The Bertz CT molecular complexity index is 437. The minimum absolute atomic E-state index is 0.254. The Kier molecular flexibility index (Phi) is 4.92. The Morgan fingerprint density at radius 2 is 1.75 bits per heavy atom. The summed E-state index contributed by atoms with van der Waals surface area (Å²) in [5.74, 6) is 1.64. The number of ether oxygens (including phenoxy) is 2. The van der Waals surface area contributed by atoms with Crippen LogP contribution in [0.4, 0.5) is 0 Å². The summed E-state index contributed by atoms with van der Waals surface area (Å²) in [7, 11) is 3.39. The third kappa shape index (κ3) is 3.09. The molecule has 0 radical (unpaired) electrons. The molecule has 3 nitrogen and oxygen atoms in total. The molecule has 0 aliphatic heterocycles. The lowest BCUT2D eigenvalue weighted by Gasteiger charge is -2.31. The van der Waals surface area contributed by atoms with Crippen LogP contribution in [0, 0.1) is 0 Å². The van der Waals surface area contributed by atoms with E-state index in [2.05, 4.69) is 31.3 Å². The molecule has 0 unspecified atom stereocenters. The van der Waals surface area contributed by atoms with E-state index >= 15 is 0 Å². The van der Waals surface area contributed by atoms with Gasteiger partial charge in [0.1, 0.15) is 0 Å². The van der Waals surface area contributed by atoms with Gasteiger partial charge in [-0.2, -0.15) is 0 Å². The summed E-state index contributed by atoms with van der Waals surface area (Å²) in [5, 5.41) is 3.62. The van der Waals surface area contributed by atoms with Crippen molar-refractivity contribution in [2.45, 2.75) is 51.0 Å². The highest BCUT2D eigenvalue weighted by Gasteiger charge is 2.36. The molecule has 1 N–H and O–H groups in total. The summed E-state index contributed by atoms with van der Waals surface area (Å²) in [5.41, 5.74) is 1.63. The molecule has 0 saturated heterocycles. The van der Waals surface area contributed by atoms with E-state index in [-0.39, 0.29) is 5.41 Å². The fourth-order valence-electron chi connectivity index (χ4n) is 3.18. The SMILES string of the molecule is COc1ccc(C2(CNC(C)C)CCCC2)cc1OC. The summed E-state index contributed by atoms with van der Waals surface area (Å²) in [4.78, 5) is 0. The molecule has 112 valence electrons. The van der Waals surface area contributed by atoms with Crippen LogP contribution in [-0.2, 0) is 5.41 Å². The Labute approximate surface area is 122 Å². The van der Waals surface area contributed by atoms with E-state index in [0.717, 1.165) is 18.0 Å². The lowest BCUT2D eigenvalue weighted by Crippen LogP contribution is -2.39. The number of hydrogen-bond acceptors (Lipinski definition) is 3. The maximum Gasteiger partial charge on any atom is 0.161 e. The molecule has 2 rings (SSSR count). The molecule has 0 spiro atoms. The lowest BCUT2D eigenvalue weighted by atomic mass is 9.78. The zero-order valence-corrected chi connectivity index (χ0v) is 13.2. The van der Waals surface area contributed by atoms with E-state index < -0.39 is 0 Å². The Morgan fingerprint density at radius 3 is 2.30 bits per heavy atom. The molecule has 1 aromatic carbocycles. The summed E-state index contributed by atoms with van der Waals surface area (Å²) < 4.78 is 10.8. The maximum atomic E-state index is 5.46. The Balaban J connectivity index is 2.29. The zero-order chi connectivity index (χ0) is 14.6. The largest absolute Gasteiger partial charge is 0.493 e. The van der Waals surface area contributed by atoms with E-state index in [4.69, 9.17) is 9.47 Å². The van der Waals surface area contributed by atoms with Crippen LogP contribution < -0.4 is 14.8 Å². The van der Waals surface area contributed by atoms with Crippen LogP contribution >= 0.6 is 0 Å². The summed E-state index contributed by atoms with van der Waals surface area (Å²) in [6.07, 6.45) is 5.13. The highest BCUT2D eigenvalue weighted by Crippen LogP contribution is 2.43. The highest BCUT2D eigenvalue weighted by atomic mass is 16.5. The van der Waals surface area contributed by atoms with Crippen molar-refractivity contribution in [1.29, 1.82) is 0 Å². The van der Waals surface area contributed by atoms with Crippen LogP contribution in [0.1, 0.15) is 45.1 Å². The molecule has 0 aromatic heterocycles. The molecule has 0 amide bonds. The van der Waals surface area contributed by atoms with Crippen molar-refractivity contribution in [2.75, 3.05) is 20.8 Å². The Morgan fingerprint density at radius 1 is 1.10 bits per heavy atom. The van der Waals surface area contributed by atoms with Gasteiger partial charge in [0, 0.05) is 18.0 Å². The first kappa shape index (κ1) is 15.2. The molecule has 0 atom stereocenters. The van der Waals surface area contributed by atoms with Crippen LogP contribution in [-0.4, -0.2) is 26.8 Å². The minimum atomic E-state index is 0.254. The van der Waals surface area contributed by atoms with E-state index in [0.29, 0.717) is 6.04 Å². The third-order valence-electron chi connectivity index (χ3n) is 4.41. The van der Waals surface area contributed by atoms with Crippen molar-refractivity contribution >= 4 is 0 Å². The van der Waals surface area contributed by atoms with Gasteiger partial charge in [-0.1, -0.05) is 32.8 Å². The molecule has 20 heavy (non-hydrogen) atoms. The van der Waals surface area contributed by atoms with E-state index in [1.165, 1.54) is 31.2 Å². The van der Waals surface area contributed by atoms with Crippen LogP contribution in [0.15, 0.2) is 18.2 Å². The fourth-order valence-corrected chi connectivity index (χ4v) is 3.18. The van der Waals surface area contributed by atoms with Gasteiger partial charge < -0.3 is 14.8 Å².